The van der Waals surface area contributed by atoms with E-state index in [0.29, 0.717) is 0 Å². The zero-order valence-corrected chi connectivity index (χ0v) is 9.90. The molecule has 0 bridgehead atoms. The fourth-order valence-corrected chi connectivity index (χ4v) is 2.28. The Kier molecular flexibility index (Phi) is 2.45. The molecule has 1 aromatic heterocycles. The molecule has 1 nitrogen and oxygen atoms in total. The van der Waals surface area contributed by atoms with Crippen LogP contribution >= 0.6 is 0 Å². The Hall–Kier alpha value is -2.02. The van der Waals surface area contributed by atoms with Crippen LogP contribution in [0.1, 0.15) is 16.8 Å². The topological polar surface area (TPSA) is 15.8 Å². The second kappa shape index (κ2) is 4.10. The number of hydrogen-bond acceptors (Lipinski definition) is 0. The average molecular weight is 221 g/mol. The molecule has 0 radical (unpaired) electrons. The van der Waals surface area contributed by atoms with Crippen LogP contribution in [0.4, 0.5) is 0 Å². The minimum absolute atomic E-state index is 0.967. The SMILES string of the molecule is Cc1cccc2cc(Cc3ccccc3)[nH]c12. The number of rotatable bonds is 2. The van der Waals surface area contributed by atoms with Gasteiger partial charge in [0.1, 0.15) is 0 Å². The molecule has 1 heteroatoms. The summed E-state index contributed by atoms with van der Waals surface area (Å²) >= 11 is 0. The van der Waals surface area contributed by atoms with Crippen molar-refractivity contribution in [3.05, 3.63) is 71.4 Å². The van der Waals surface area contributed by atoms with Gasteiger partial charge in [0, 0.05) is 17.6 Å². The van der Waals surface area contributed by atoms with Crippen molar-refractivity contribution in [2.75, 3.05) is 0 Å². The molecule has 1 heterocycles. The van der Waals surface area contributed by atoms with Crippen molar-refractivity contribution in [1.29, 1.82) is 0 Å². The highest BCUT2D eigenvalue weighted by molar-refractivity contribution is 5.83. The standard InChI is InChI=1S/C16H15N/c1-12-6-5-9-14-11-15(17-16(12)14)10-13-7-3-2-4-8-13/h2-9,11,17H,10H2,1H3. The molecule has 0 saturated carbocycles. The van der Waals surface area contributed by atoms with Gasteiger partial charge in [-0.15, -0.1) is 0 Å². The number of aromatic nitrogens is 1. The molecule has 2 aromatic carbocycles. The molecule has 0 saturated heterocycles. The second-order valence-electron chi connectivity index (χ2n) is 4.50. The molecule has 0 spiro atoms. The Balaban J connectivity index is 1.99. The summed E-state index contributed by atoms with van der Waals surface area (Å²) in [7, 11) is 0. The number of hydrogen-bond donors (Lipinski definition) is 1. The first-order chi connectivity index (χ1) is 8.33. The Morgan fingerprint density at radius 3 is 2.53 bits per heavy atom. The third-order valence-corrected chi connectivity index (χ3v) is 3.16. The van der Waals surface area contributed by atoms with Crippen LogP contribution in [0.5, 0.6) is 0 Å². The van der Waals surface area contributed by atoms with Gasteiger partial charge >= 0.3 is 0 Å². The van der Waals surface area contributed by atoms with Crippen molar-refractivity contribution in [1.82, 2.24) is 4.98 Å². The lowest BCUT2D eigenvalue weighted by Crippen LogP contribution is -1.86. The Bertz CT molecular complexity index is 635. The zero-order chi connectivity index (χ0) is 11.7. The zero-order valence-electron chi connectivity index (χ0n) is 9.90. The highest BCUT2D eigenvalue weighted by Gasteiger charge is 2.03. The molecule has 3 rings (SSSR count). The van der Waals surface area contributed by atoms with Gasteiger partial charge in [0.25, 0.3) is 0 Å². The first kappa shape index (κ1) is 10.2. The lowest BCUT2D eigenvalue weighted by atomic mass is 10.1. The van der Waals surface area contributed by atoms with E-state index in [4.69, 9.17) is 0 Å². The molecule has 1 N–H and O–H groups in total. The van der Waals surface area contributed by atoms with Crippen molar-refractivity contribution in [2.45, 2.75) is 13.3 Å². The summed E-state index contributed by atoms with van der Waals surface area (Å²) < 4.78 is 0. The summed E-state index contributed by atoms with van der Waals surface area (Å²) in [6, 6.07) is 19.2. The van der Waals surface area contributed by atoms with Crippen molar-refractivity contribution in [2.24, 2.45) is 0 Å². The van der Waals surface area contributed by atoms with E-state index in [0.717, 1.165) is 6.42 Å². The van der Waals surface area contributed by atoms with Crippen LogP contribution in [-0.2, 0) is 6.42 Å². The third kappa shape index (κ3) is 1.96. The summed E-state index contributed by atoms with van der Waals surface area (Å²) in [6.45, 7) is 2.14. The number of para-hydroxylation sites is 1. The molecule has 84 valence electrons. The van der Waals surface area contributed by atoms with Gasteiger partial charge in [-0.25, -0.2) is 0 Å². The lowest BCUT2D eigenvalue weighted by Gasteiger charge is -1.98. The minimum atomic E-state index is 0.967. The first-order valence-electron chi connectivity index (χ1n) is 5.94. The predicted octanol–water partition coefficient (Wildman–Crippen LogP) is 4.07. The van der Waals surface area contributed by atoms with Crippen molar-refractivity contribution >= 4 is 10.9 Å². The fourth-order valence-electron chi connectivity index (χ4n) is 2.28. The van der Waals surface area contributed by atoms with Crippen LogP contribution in [0, 0.1) is 6.92 Å². The summed E-state index contributed by atoms with van der Waals surface area (Å²) in [5.74, 6) is 0. The third-order valence-electron chi connectivity index (χ3n) is 3.16. The number of nitrogens with one attached hydrogen (secondary N) is 1. The highest BCUT2D eigenvalue weighted by Crippen LogP contribution is 2.20. The van der Waals surface area contributed by atoms with E-state index >= 15 is 0 Å². The number of fused-ring (bicyclic) bond motifs is 1. The van der Waals surface area contributed by atoms with Gasteiger partial charge in [0.2, 0.25) is 0 Å². The Morgan fingerprint density at radius 2 is 1.76 bits per heavy atom. The minimum Gasteiger partial charge on any atom is -0.358 e. The molecule has 3 aromatic rings. The van der Waals surface area contributed by atoms with Gasteiger partial charge in [0.05, 0.1) is 0 Å². The average Bonchev–Trinajstić information content (AvgIpc) is 2.74. The number of H-pyrrole nitrogens is 1. The molecule has 17 heavy (non-hydrogen) atoms. The predicted molar refractivity (Wildman–Crippen MR) is 72.3 cm³/mol. The van der Waals surface area contributed by atoms with E-state index in [2.05, 4.69) is 66.5 Å². The van der Waals surface area contributed by atoms with E-state index in [1.807, 2.05) is 0 Å². The maximum absolute atomic E-state index is 3.51. The van der Waals surface area contributed by atoms with E-state index < -0.39 is 0 Å². The molecule has 0 aliphatic carbocycles. The van der Waals surface area contributed by atoms with Gasteiger partial charge < -0.3 is 4.98 Å². The monoisotopic (exact) mass is 221 g/mol. The van der Waals surface area contributed by atoms with Crippen LogP contribution in [-0.4, -0.2) is 4.98 Å². The smallest absolute Gasteiger partial charge is 0.0485 e. The maximum Gasteiger partial charge on any atom is 0.0485 e. The highest BCUT2D eigenvalue weighted by atomic mass is 14.7. The van der Waals surface area contributed by atoms with Crippen LogP contribution in [0.3, 0.4) is 0 Å². The van der Waals surface area contributed by atoms with Crippen molar-refractivity contribution < 1.29 is 0 Å². The van der Waals surface area contributed by atoms with Crippen molar-refractivity contribution in [3.63, 3.8) is 0 Å². The van der Waals surface area contributed by atoms with E-state index in [1.54, 1.807) is 0 Å². The molecule has 0 amide bonds. The van der Waals surface area contributed by atoms with E-state index in [1.165, 1.54) is 27.7 Å². The molecule has 0 atom stereocenters. The summed E-state index contributed by atoms with van der Waals surface area (Å²) in [4.78, 5) is 3.51. The quantitative estimate of drug-likeness (QED) is 0.671. The van der Waals surface area contributed by atoms with E-state index in [9.17, 15) is 0 Å². The van der Waals surface area contributed by atoms with Crippen molar-refractivity contribution in [3.8, 4) is 0 Å². The van der Waals surface area contributed by atoms with Gasteiger partial charge in [-0.1, -0.05) is 48.5 Å². The largest absolute Gasteiger partial charge is 0.358 e. The van der Waals surface area contributed by atoms with Gasteiger partial charge in [-0.3, -0.25) is 0 Å². The Morgan fingerprint density at radius 1 is 0.941 bits per heavy atom. The molecular formula is C16H15N. The normalized spacial score (nSPS) is 10.9. The molecule has 0 fully saturated rings. The first-order valence-corrected chi connectivity index (χ1v) is 5.94. The van der Waals surface area contributed by atoms with Gasteiger partial charge in [-0.2, -0.15) is 0 Å². The molecule has 0 unspecified atom stereocenters. The Labute approximate surface area is 101 Å². The summed E-state index contributed by atoms with van der Waals surface area (Å²) in [5, 5.41) is 1.30. The number of benzene rings is 2. The summed E-state index contributed by atoms with van der Waals surface area (Å²) in [6.07, 6.45) is 0.967. The molecular weight excluding hydrogens is 206 g/mol. The lowest BCUT2D eigenvalue weighted by molar-refractivity contribution is 1.12. The van der Waals surface area contributed by atoms with Gasteiger partial charge in [-0.05, 0) is 29.5 Å². The maximum atomic E-state index is 3.51. The second-order valence-corrected chi connectivity index (χ2v) is 4.50. The molecule has 0 aliphatic rings. The van der Waals surface area contributed by atoms with Crippen LogP contribution < -0.4 is 0 Å². The fraction of sp³-hybridized carbons (Fsp3) is 0.125. The van der Waals surface area contributed by atoms with Crippen LogP contribution in [0.2, 0.25) is 0 Å². The number of aryl methyl sites for hydroxylation is 1. The number of aromatic amines is 1. The molecule has 0 aliphatic heterocycles. The van der Waals surface area contributed by atoms with E-state index in [-0.39, 0.29) is 0 Å². The van der Waals surface area contributed by atoms with Crippen LogP contribution in [0.25, 0.3) is 10.9 Å². The van der Waals surface area contributed by atoms with Gasteiger partial charge in [0.15, 0.2) is 0 Å². The summed E-state index contributed by atoms with van der Waals surface area (Å²) in [5.41, 5.74) is 5.19. The van der Waals surface area contributed by atoms with Crippen LogP contribution in [0.15, 0.2) is 54.6 Å².